The molecule has 2 amide bonds. The first-order chi connectivity index (χ1) is 11.8. The quantitative estimate of drug-likeness (QED) is 0.827. The van der Waals surface area contributed by atoms with E-state index in [1.54, 1.807) is 13.1 Å². The third-order valence-electron chi connectivity index (χ3n) is 3.67. The summed E-state index contributed by atoms with van der Waals surface area (Å²) < 4.78 is 28.7. The van der Waals surface area contributed by atoms with E-state index in [1.165, 1.54) is 18.2 Å². The van der Waals surface area contributed by atoms with Crippen LogP contribution >= 0.6 is 0 Å². The van der Waals surface area contributed by atoms with Crippen LogP contribution in [0.15, 0.2) is 36.5 Å². The molecule has 2 aromatic rings. The molecule has 2 rings (SSSR count). The van der Waals surface area contributed by atoms with Crippen molar-refractivity contribution < 1.29 is 18.3 Å². The minimum atomic E-state index is -2.88. The molecule has 0 saturated carbocycles. The Morgan fingerprint density at radius 3 is 2.64 bits per heavy atom. The fraction of sp³-hybridized carbons (Fsp3) is 0.333. The van der Waals surface area contributed by atoms with Crippen LogP contribution in [0.2, 0.25) is 0 Å². The normalized spacial score (nSPS) is 11.9. The summed E-state index contributed by atoms with van der Waals surface area (Å²) in [5.74, 6) is 0.0532. The number of amides is 2. The molecule has 0 bridgehead atoms. The largest absolute Gasteiger partial charge is 0.435 e. The van der Waals surface area contributed by atoms with Gasteiger partial charge in [0.15, 0.2) is 0 Å². The summed E-state index contributed by atoms with van der Waals surface area (Å²) >= 11 is 0. The highest BCUT2D eigenvalue weighted by molar-refractivity contribution is 5.90. The fourth-order valence-corrected chi connectivity index (χ4v) is 2.41. The maximum absolute atomic E-state index is 12.2. The van der Waals surface area contributed by atoms with Crippen LogP contribution in [0.25, 0.3) is 0 Å². The van der Waals surface area contributed by atoms with Crippen molar-refractivity contribution in [2.75, 3.05) is 5.32 Å². The van der Waals surface area contributed by atoms with E-state index in [9.17, 15) is 13.6 Å². The maximum atomic E-state index is 12.2. The number of alkyl halides is 2. The molecule has 0 aliphatic heterocycles. The second-order valence-corrected chi connectivity index (χ2v) is 5.83. The van der Waals surface area contributed by atoms with Gasteiger partial charge in [0.25, 0.3) is 0 Å². The van der Waals surface area contributed by atoms with Crippen molar-refractivity contribution in [1.29, 1.82) is 0 Å². The van der Waals surface area contributed by atoms with Gasteiger partial charge in [0.05, 0.1) is 0 Å². The molecule has 7 heteroatoms. The van der Waals surface area contributed by atoms with E-state index in [-0.39, 0.29) is 17.8 Å². The van der Waals surface area contributed by atoms with Gasteiger partial charge in [-0.2, -0.15) is 8.78 Å². The van der Waals surface area contributed by atoms with Gasteiger partial charge in [-0.15, -0.1) is 0 Å². The van der Waals surface area contributed by atoms with Gasteiger partial charge in [-0.1, -0.05) is 6.07 Å². The Hall–Kier alpha value is -2.70. The number of pyridine rings is 1. The molecule has 25 heavy (non-hydrogen) atoms. The van der Waals surface area contributed by atoms with Crippen molar-refractivity contribution in [1.82, 2.24) is 10.3 Å². The Bertz CT molecular complexity index is 738. The molecule has 134 valence electrons. The molecule has 1 heterocycles. The van der Waals surface area contributed by atoms with Gasteiger partial charge >= 0.3 is 12.6 Å². The Kier molecular flexibility index (Phi) is 6.27. The number of hydrogen-bond donors (Lipinski definition) is 2. The minimum Gasteiger partial charge on any atom is -0.435 e. The van der Waals surface area contributed by atoms with Gasteiger partial charge in [0.1, 0.15) is 5.75 Å². The zero-order chi connectivity index (χ0) is 18.4. The van der Waals surface area contributed by atoms with Crippen molar-refractivity contribution in [3.63, 3.8) is 0 Å². The zero-order valence-corrected chi connectivity index (χ0v) is 14.3. The van der Waals surface area contributed by atoms with Crippen LogP contribution in [0.3, 0.4) is 0 Å². The van der Waals surface area contributed by atoms with Crippen LogP contribution in [0, 0.1) is 13.8 Å². The van der Waals surface area contributed by atoms with E-state index >= 15 is 0 Å². The number of hydrogen-bond acceptors (Lipinski definition) is 3. The summed E-state index contributed by atoms with van der Waals surface area (Å²) in [5.41, 5.74) is 3.16. The lowest BCUT2D eigenvalue weighted by molar-refractivity contribution is -0.0498. The first kappa shape index (κ1) is 18.6. The zero-order valence-electron chi connectivity index (χ0n) is 14.3. The van der Waals surface area contributed by atoms with Gasteiger partial charge in [-0.3, -0.25) is 4.98 Å². The topological polar surface area (TPSA) is 63.2 Å². The van der Waals surface area contributed by atoms with E-state index < -0.39 is 6.61 Å². The van der Waals surface area contributed by atoms with Crippen molar-refractivity contribution in [3.8, 4) is 5.75 Å². The molecule has 0 spiro atoms. The van der Waals surface area contributed by atoms with Crippen LogP contribution < -0.4 is 15.4 Å². The monoisotopic (exact) mass is 349 g/mol. The number of nitrogens with zero attached hydrogens (tertiary/aromatic N) is 1. The number of aryl methyl sites for hydroxylation is 2. The van der Waals surface area contributed by atoms with Crippen LogP contribution in [0.4, 0.5) is 19.3 Å². The maximum Gasteiger partial charge on any atom is 0.387 e. The number of carbonyl (C=O) groups excluding carboxylic acids is 1. The third kappa shape index (κ3) is 5.70. The summed E-state index contributed by atoms with van der Waals surface area (Å²) in [7, 11) is 0. The highest BCUT2D eigenvalue weighted by atomic mass is 19.3. The molecule has 0 radical (unpaired) electrons. The standard InChI is InChI=1S/C18H21F2N3O2/c1-11-5-4-8-21-16(11)10-13(3)22-18(24)23-15-7-6-14(9-12(15)2)25-17(19)20/h4-9,13,17H,10H2,1-3H3,(H2,22,23,24). The van der Waals surface area contributed by atoms with Crippen molar-refractivity contribution in [2.24, 2.45) is 0 Å². The first-order valence-corrected chi connectivity index (χ1v) is 7.88. The number of aromatic nitrogens is 1. The molecule has 1 atom stereocenters. The van der Waals surface area contributed by atoms with Crippen LogP contribution in [0.1, 0.15) is 23.7 Å². The number of anilines is 1. The Balaban J connectivity index is 1.92. The number of rotatable bonds is 6. The van der Waals surface area contributed by atoms with Gasteiger partial charge in [-0.25, -0.2) is 4.79 Å². The summed E-state index contributed by atoms with van der Waals surface area (Å²) in [6.07, 6.45) is 2.34. The average Bonchev–Trinajstić information content (AvgIpc) is 2.51. The Morgan fingerprint density at radius 2 is 2.00 bits per heavy atom. The van der Waals surface area contributed by atoms with E-state index in [0.29, 0.717) is 17.7 Å². The first-order valence-electron chi connectivity index (χ1n) is 7.88. The highest BCUT2D eigenvalue weighted by Crippen LogP contribution is 2.22. The van der Waals surface area contributed by atoms with Crippen molar-refractivity contribution in [3.05, 3.63) is 53.3 Å². The van der Waals surface area contributed by atoms with Gasteiger partial charge in [0, 0.05) is 30.0 Å². The summed E-state index contributed by atoms with van der Waals surface area (Å²) in [6.45, 7) is 2.69. The third-order valence-corrected chi connectivity index (χ3v) is 3.67. The molecular weight excluding hydrogens is 328 g/mol. The summed E-state index contributed by atoms with van der Waals surface area (Å²) in [5, 5.41) is 5.55. The molecule has 0 aliphatic carbocycles. The molecule has 0 saturated heterocycles. The van der Waals surface area contributed by atoms with Gasteiger partial charge < -0.3 is 15.4 Å². The minimum absolute atomic E-state index is 0.0532. The van der Waals surface area contributed by atoms with E-state index in [0.717, 1.165) is 11.3 Å². The lowest BCUT2D eigenvalue weighted by atomic mass is 10.1. The number of carbonyl (C=O) groups is 1. The Labute approximate surface area is 145 Å². The van der Waals surface area contributed by atoms with Crippen LogP contribution in [-0.2, 0) is 6.42 Å². The summed E-state index contributed by atoms with van der Waals surface area (Å²) in [4.78, 5) is 16.4. The molecule has 0 aliphatic rings. The van der Waals surface area contributed by atoms with Crippen molar-refractivity contribution >= 4 is 11.7 Å². The molecule has 2 N–H and O–H groups in total. The van der Waals surface area contributed by atoms with Crippen LogP contribution in [0.5, 0.6) is 5.75 Å². The predicted molar refractivity (Wildman–Crippen MR) is 92.1 cm³/mol. The SMILES string of the molecule is Cc1cc(OC(F)F)ccc1NC(=O)NC(C)Cc1ncccc1C. The van der Waals surface area contributed by atoms with Gasteiger partial charge in [0.2, 0.25) is 0 Å². The van der Waals surface area contributed by atoms with Crippen LogP contribution in [-0.4, -0.2) is 23.7 Å². The summed E-state index contributed by atoms with van der Waals surface area (Å²) in [6, 6.07) is 7.72. The number of benzene rings is 1. The molecule has 1 aromatic carbocycles. The predicted octanol–water partition coefficient (Wildman–Crippen LogP) is 4.05. The van der Waals surface area contributed by atoms with E-state index in [1.807, 2.05) is 26.0 Å². The molecular formula is C18H21F2N3O2. The fourth-order valence-electron chi connectivity index (χ4n) is 2.41. The lowest BCUT2D eigenvalue weighted by Crippen LogP contribution is -2.37. The number of halogens is 2. The molecule has 0 fully saturated rings. The highest BCUT2D eigenvalue weighted by Gasteiger charge is 2.12. The number of ether oxygens (including phenoxy) is 1. The lowest BCUT2D eigenvalue weighted by Gasteiger charge is -2.16. The second-order valence-electron chi connectivity index (χ2n) is 5.83. The molecule has 5 nitrogen and oxygen atoms in total. The smallest absolute Gasteiger partial charge is 0.387 e. The van der Waals surface area contributed by atoms with Gasteiger partial charge in [-0.05, 0) is 56.2 Å². The van der Waals surface area contributed by atoms with Crippen molar-refractivity contribution in [2.45, 2.75) is 39.8 Å². The van der Waals surface area contributed by atoms with E-state index in [4.69, 9.17) is 0 Å². The average molecular weight is 349 g/mol. The second kappa shape index (κ2) is 8.41. The number of nitrogens with one attached hydrogen (secondary N) is 2. The molecule has 1 unspecified atom stereocenters. The Morgan fingerprint density at radius 1 is 1.24 bits per heavy atom. The van der Waals surface area contributed by atoms with E-state index in [2.05, 4.69) is 20.4 Å². The number of urea groups is 1. The molecule has 1 aromatic heterocycles.